The van der Waals surface area contributed by atoms with Gasteiger partial charge in [-0.1, -0.05) is 23.7 Å². The van der Waals surface area contributed by atoms with Crippen LogP contribution in [-0.2, 0) is 16.1 Å². The van der Waals surface area contributed by atoms with Crippen LogP contribution in [0, 0.1) is 0 Å². The Balaban J connectivity index is 2.13. The van der Waals surface area contributed by atoms with Gasteiger partial charge >= 0.3 is 0 Å². The second-order valence-corrected chi connectivity index (χ2v) is 5.85. The minimum atomic E-state index is -0.0363. The normalized spacial score (nSPS) is 22.6. The maximum atomic E-state index is 12.1. The van der Waals surface area contributed by atoms with Gasteiger partial charge in [-0.15, -0.1) is 11.6 Å². The Hall–Kier alpha value is -0.770. The summed E-state index contributed by atoms with van der Waals surface area (Å²) in [4.78, 5) is 14.0. The van der Waals surface area contributed by atoms with E-state index in [1.807, 2.05) is 36.1 Å². The van der Waals surface area contributed by atoms with E-state index in [1.54, 1.807) is 0 Å². The molecule has 1 aromatic rings. The van der Waals surface area contributed by atoms with Gasteiger partial charge in [-0.05, 0) is 37.5 Å². The van der Waals surface area contributed by atoms with Crippen LogP contribution in [0.3, 0.4) is 0 Å². The molecule has 0 aliphatic carbocycles. The molecule has 110 valence electrons. The van der Waals surface area contributed by atoms with Crippen molar-refractivity contribution >= 4 is 29.1 Å². The number of benzene rings is 1. The molecule has 1 fully saturated rings. The summed E-state index contributed by atoms with van der Waals surface area (Å²) < 4.78 is 5.55. The van der Waals surface area contributed by atoms with Crippen molar-refractivity contribution in [1.82, 2.24) is 4.90 Å². The predicted octanol–water partition coefficient (Wildman–Crippen LogP) is 3.47. The van der Waals surface area contributed by atoms with E-state index in [4.69, 9.17) is 27.9 Å². The Morgan fingerprint density at radius 2 is 2.30 bits per heavy atom. The van der Waals surface area contributed by atoms with Crippen LogP contribution in [-0.4, -0.2) is 35.4 Å². The maximum absolute atomic E-state index is 12.1. The van der Waals surface area contributed by atoms with Crippen LogP contribution in [0.4, 0.5) is 0 Å². The van der Waals surface area contributed by atoms with E-state index in [9.17, 15) is 4.79 Å². The van der Waals surface area contributed by atoms with E-state index in [1.165, 1.54) is 0 Å². The summed E-state index contributed by atoms with van der Waals surface area (Å²) in [6.07, 6.45) is 1.88. The fraction of sp³-hybridized carbons (Fsp3) is 0.533. The molecular formula is C15H19Cl2NO2. The summed E-state index contributed by atoms with van der Waals surface area (Å²) in [7, 11) is 0. The van der Waals surface area contributed by atoms with Gasteiger partial charge in [0, 0.05) is 24.2 Å². The second-order valence-electron chi connectivity index (χ2n) is 5.14. The van der Waals surface area contributed by atoms with Gasteiger partial charge in [0.25, 0.3) is 0 Å². The van der Waals surface area contributed by atoms with E-state index < -0.39 is 0 Å². The zero-order chi connectivity index (χ0) is 14.5. The number of carbonyl (C=O) groups is 1. The molecule has 0 spiro atoms. The number of ether oxygens (including phenoxy) is 1. The molecule has 0 radical (unpaired) electrons. The molecule has 1 aromatic carbocycles. The van der Waals surface area contributed by atoms with Crippen LogP contribution >= 0.6 is 23.2 Å². The van der Waals surface area contributed by atoms with Crippen molar-refractivity contribution in [1.29, 1.82) is 0 Å². The van der Waals surface area contributed by atoms with Gasteiger partial charge in [-0.25, -0.2) is 0 Å². The van der Waals surface area contributed by atoms with Crippen molar-refractivity contribution < 1.29 is 9.53 Å². The summed E-state index contributed by atoms with van der Waals surface area (Å²) in [5, 5.41) is 0.682. The summed E-state index contributed by atoms with van der Waals surface area (Å²) in [6.45, 7) is 3.27. The fourth-order valence-corrected chi connectivity index (χ4v) is 2.95. The molecule has 0 bridgehead atoms. The van der Waals surface area contributed by atoms with E-state index in [0.717, 1.165) is 18.4 Å². The first-order valence-electron chi connectivity index (χ1n) is 6.81. The number of nitrogens with zero attached hydrogens (tertiary/aromatic N) is 1. The van der Waals surface area contributed by atoms with Crippen LogP contribution in [0.25, 0.3) is 0 Å². The monoisotopic (exact) mass is 315 g/mol. The van der Waals surface area contributed by atoms with E-state index >= 15 is 0 Å². The first kappa shape index (κ1) is 15.6. The lowest BCUT2D eigenvalue weighted by molar-refractivity contribution is -0.134. The topological polar surface area (TPSA) is 29.5 Å². The number of carbonyl (C=O) groups excluding carboxylic acids is 1. The maximum Gasteiger partial charge on any atom is 0.238 e. The molecule has 5 heteroatoms. The van der Waals surface area contributed by atoms with Crippen LogP contribution in [0.2, 0.25) is 5.02 Å². The lowest BCUT2D eigenvalue weighted by Crippen LogP contribution is -2.45. The number of rotatable bonds is 4. The Labute approximate surface area is 129 Å². The van der Waals surface area contributed by atoms with Crippen LogP contribution in [0.5, 0.6) is 0 Å². The molecule has 1 aliphatic rings. The highest BCUT2D eigenvalue weighted by molar-refractivity contribution is 6.30. The molecule has 2 atom stereocenters. The quantitative estimate of drug-likeness (QED) is 0.796. The molecule has 2 rings (SSSR count). The Bertz CT molecular complexity index is 467. The lowest BCUT2D eigenvalue weighted by atomic mass is 10.0. The molecule has 1 saturated heterocycles. The van der Waals surface area contributed by atoms with Crippen molar-refractivity contribution in [2.75, 3.05) is 12.5 Å². The van der Waals surface area contributed by atoms with Gasteiger partial charge in [0.2, 0.25) is 5.91 Å². The van der Waals surface area contributed by atoms with Gasteiger partial charge < -0.3 is 9.64 Å². The summed E-state index contributed by atoms with van der Waals surface area (Å²) in [6, 6.07) is 7.77. The van der Waals surface area contributed by atoms with Crippen molar-refractivity contribution in [2.45, 2.75) is 38.5 Å². The van der Waals surface area contributed by atoms with Crippen molar-refractivity contribution in [3.8, 4) is 0 Å². The molecule has 3 nitrogen and oxygen atoms in total. The predicted molar refractivity (Wildman–Crippen MR) is 81.2 cm³/mol. The van der Waals surface area contributed by atoms with Gasteiger partial charge in [0.05, 0.1) is 6.10 Å². The Kier molecular flexibility index (Phi) is 5.70. The second kappa shape index (κ2) is 7.30. The number of hydrogen-bond donors (Lipinski definition) is 0. The summed E-state index contributed by atoms with van der Waals surface area (Å²) in [5.74, 6) is -0.0301. The lowest BCUT2D eigenvalue weighted by Gasteiger charge is -2.36. The van der Waals surface area contributed by atoms with E-state index in [0.29, 0.717) is 18.2 Å². The number of halogens is 2. The zero-order valence-corrected chi connectivity index (χ0v) is 13.0. The summed E-state index contributed by atoms with van der Waals surface area (Å²) in [5.41, 5.74) is 1.02. The molecule has 0 N–H and O–H groups in total. The smallest absolute Gasteiger partial charge is 0.238 e. The zero-order valence-electron chi connectivity index (χ0n) is 11.5. The average molecular weight is 316 g/mol. The highest BCUT2D eigenvalue weighted by atomic mass is 35.5. The van der Waals surface area contributed by atoms with E-state index in [-0.39, 0.29) is 23.9 Å². The standard InChI is InChI=1S/C15H19Cl2NO2/c1-11-7-14(5-6-20-11)18(15(19)9-16)10-12-3-2-4-13(17)8-12/h2-4,8,11,14H,5-7,9-10H2,1H3. The van der Waals surface area contributed by atoms with Gasteiger partial charge in [-0.3, -0.25) is 4.79 Å². The molecule has 0 aromatic heterocycles. The molecule has 20 heavy (non-hydrogen) atoms. The third kappa shape index (κ3) is 4.11. The van der Waals surface area contributed by atoms with Gasteiger partial charge in [-0.2, -0.15) is 0 Å². The van der Waals surface area contributed by atoms with E-state index in [2.05, 4.69) is 0 Å². The molecule has 1 amide bonds. The number of alkyl halides is 1. The number of amides is 1. The highest BCUT2D eigenvalue weighted by Crippen LogP contribution is 2.22. The first-order chi connectivity index (χ1) is 9.60. The van der Waals surface area contributed by atoms with Crippen LogP contribution in [0.15, 0.2) is 24.3 Å². The van der Waals surface area contributed by atoms with Crippen molar-refractivity contribution in [3.05, 3.63) is 34.9 Å². The van der Waals surface area contributed by atoms with Crippen molar-refractivity contribution in [2.24, 2.45) is 0 Å². The first-order valence-corrected chi connectivity index (χ1v) is 7.73. The SMILES string of the molecule is CC1CC(N(Cc2cccc(Cl)c2)C(=O)CCl)CCO1. The Morgan fingerprint density at radius 3 is 2.95 bits per heavy atom. The van der Waals surface area contributed by atoms with Gasteiger partial charge in [0.15, 0.2) is 0 Å². The fourth-order valence-electron chi connectivity index (χ4n) is 2.59. The van der Waals surface area contributed by atoms with Crippen molar-refractivity contribution in [3.63, 3.8) is 0 Å². The highest BCUT2D eigenvalue weighted by Gasteiger charge is 2.28. The molecule has 2 unspecified atom stereocenters. The summed E-state index contributed by atoms with van der Waals surface area (Å²) >= 11 is 11.8. The third-order valence-corrected chi connectivity index (χ3v) is 4.04. The largest absolute Gasteiger partial charge is 0.378 e. The molecule has 1 heterocycles. The minimum absolute atomic E-state index is 0.00625. The molecular weight excluding hydrogens is 297 g/mol. The Morgan fingerprint density at radius 1 is 1.50 bits per heavy atom. The van der Waals surface area contributed by atoms with Gasteiger partial charge in [0.1, 0.15) is 5.88 Å². The van der Waals surface area contributed by atoms with Crippen LogP contribution < -0.4 is 0 Å². The van der Waals surface area contributed by atoms with Crippen LogP contribution in [0.1, 0.15) is 25.3 Å². The third-order valence-electron chi connectivity index (χ3n) is 3.57. The minimum Gasteiger partial charge on any atom is -0.378 e. The number of hydrogen-bond acceptors (Lipinski definition) is 2. The molecule has 1 aliphatic heterocycles. The average Bonchev–Trinajstić information content (AvgIpc) is 2.44. The molecule has 0 saturated carbocycles.